The van der Waals surface area contributed by atoms with Crippen molar-refractivity contribution >= 4 is 5.96 Å². The lowest BCUT2D eigenvalue weighted by molar-refractivity contribution is -0.142. The lowest BCUT2D eigenvalue weighted by Crippen LogP contribution is -2.43. The fourth-order valence-electron chi connectivity index (χ4n) is 2.53. The highest BCUT2D eigenvalue weighted by atomic mass is 19.4. The van der Waals surface area contributed by atoms with E-state index >= 15 is 0 Å². The third-order valence-corrected chi connectivity index (χ3v) is 3.54. The van der Waals surface area contributed by atoms with Gasteiger partial charge in [0.2, 0.25) is 0 Å². The molecule has 0 heterocycles. The number of hydrogen-bond donors (Lipinski definition) is 3. The molecule has 0 spiro atoms. The molecule has 0 amide bonds. The molecule has 144 valence electrons. The maximum atomic E-state index is 12.3. The average molecular weight is 354 g/mol. The molecule has 0 aliphatic rings. The van der Waals surface area contributed by atoms with Crippen molar-refractivity contribution in [1.29, 1.82) is 0 Å². The van der Waals surface area contributed by atoms with Gasteiger partial charge in [0.05, 0.1) is 18.7 Å². The maximum Gasteiger partial charge on any atom is 0.401 e. The molecule has 0 aliphatic heterocycles. The summed E-state index contributed by atoms with van der Waals surface area (Å²) in [5.41, 5.74) is -0.821. The Balaban J connectivity index is 4.51. The molecule has 0 atom stereocenters. The van der Waals surface area contributed by atoms with Crippen LogP contribution in [0.1, 0.15) is 46.5 Å². The van der Waals surface area contributed by atoms with E-state index in [0.717, 1.165) is 12.8 Å². The molecule has 0 rings (SSSR count). The third-order valence-electron chi connectivity index (χ3n) is 3.54. The molecule has 0 radical (unpaired) electrons. The third kappa shape index (κ3) is 11.5. The molecule has 0 aromatic carbocycles. The first kappa shape index (κ1) is 23.0. The van der Waals surface area contributed by atoms with E-state index in [1.54, 1.807) is 0 Å². The number of aliphatic hydroxyl groups is 1. The summed E-state index contributed by atoms with van der Waals surface area (Å²) in [5.74, 6) is 0.517. The van der Waals surface area contributed by atoms with Gasteiger partial charge in [0.15, 0.2) is 5.96 Å². The van der Waals surface area contributed by atoms with Crippen molar-refractivity contribution in [3.63, 3.8) is 0 Å². The summed E-state index contributed by atoms with van der Waals surface area (Å²) in [7, 11) is 1.43. The summed E-state index contributed by atoms with van der Waals surface area (Å²) >= 11 is 0. The fourth-order valence-corrected chi connectivity index (χ4v) is 2.53. The number of likely N-dealkylation sites (N-methyl/N-ethyl adjacent to an activating group) is 1. The van der Waals surface area contributed by atoms with Gasteiger partial charge in [0.1, 0.15) is 0 Å². The number of halogens is 3. The molecule has 0 aromatic heterocycles. The van der Waals surface area contributed by atoms with E-state index in [1.165, 1.54) is 11.9 Å². The van der Waals surface area contributed by atoms with E-state index in [2.05, 4.69) is 15.6 Å². The summed E-state index contributed by atoms with van der Waals surface area (Å²) in [5, 5.41) is 16.6. The van der Waals surface area contributed by atoms with Crippen LogP contribution in [0.2, 0.25) is 0 Å². The second kappa shape index (κ2) is 11.5. The lowest BCUT2D eigenvalue weighted by Gasteiger charge is -2.26. The molecule has 0 aliphatic carbocycles. The molecule has 0 aromatic rings. The largest absolute Gasteiger partial charge is 0.401 e. The van der Waals surface area contributed by atoms with E-state index in [4.69, 9.17) is 0 Å². The van der Waals surface area contributed by atoms with Crippen LogP contribution in [0.25, 0.3) is 0 Å². The average Bonchev–Trinajstić information content (AvgIpc) is 2.43. The molecular formula is C16H33F3N4O. The molecule has 0 saturated carbocycles. The van der Waals surface area contributed by atoms with Gasteiger partial charge in [-0.2, -0.15) is 13.2 Å². The summed E-state index contributed by atoms with van der Waals surface area (Å²) < 4.78 is 36.9. The van der Waals surface area contributed by atoms with Gasteiger partial charge in [-0.3, -0.25) is 9.89 Å². The highest BCUT2D eigenvalue weighted by Crippen LogP contribution is 2.19. The second-order valence-corrected chi connectivity index (χ2v) is 6.20. The van der Waals surface area contributed by atoms with Gasteiger partial charge >= 0.3 is 6.18 Å². The Morgan fingerprint density at radius 1 is 1.08 bits per heavy atom. The number of nitrogens with zero attached hydrogens (tertiary/aromatic N) is 2. The Bertz CT molecular complexity index is 356. The lowest BCUT2D eigenvalue weighted by atomic mass is 9.93. The first-order valence-corrected chi connectivity index (χ1v) is 8.65. The quantitative estimate of drug-likeness (QED) is 0.394. The molecule has 0 unspecified atom stereocenters. The minimum atomic E-state index is -4.19. The van der Waals surface area contributed by atoms with Gasteiger partial charge in [-0.25, -0.2) is 0 Å². The van der Waals surface area contributed by atoms with E-state index in [-0.39, 0.29) is 13.1 Å². The number of rotatable bonds is 11. The van der Waals surface area contributed by atoms with E-state index in [0.29, 0.717) is 31.9 Å². The zero-order valence-electron chi connectivity index (χ0n) is 15.3. The van der Waals surface area contributed by atoms with Crippen molar-refractivity contribution in [3.8, 4) is 0 Å². The molecule has 8 heteroatoms. The van der Waals surface area contributed by atoms with Gasteiger partial charge in [0.25, 0.3) is 0 Å². The van der Waals surface area contributed by atoms with Crippen LogP contribution in [0.5, 0.6) is 0 Å². The molecule has 0 saturated heterocycles. The molecular weight excluding hydrogens is 321 g/mol. The predicted molar refractivity (Wildman–Crippen MR) is 92.3 cm³/mol. The Morgan fingerprint density at radius 2 is 1.67 bits per heavy atom. The van der Waals surface area contributed by atoms with Crippen LogP contribution in [-0.2, 0) is 0 Å². The van der Waals surface area contributed by atoms with Crippen molar-refractivity contribution in [2.24, 2.45) is 4.99 Å². The summed E-state index contributed by atoms with van der Waals surface area (Å²) in [6.07, 6.45) is -1.09. The number of aliphatic imine (C=N–C) groups is 1. The van der Waals surface area contributed by atoms with E-state index in [9.17, 15) is 18.3 Å². The zero-order valence-corrected chi connectivity index (χ0v) is 15.3. The van der Waals surface area contributed by atoms with Crippen LogP contribution in [0.3, 0.4) is 0 Å². The van der Waals surface area contributed by atoms with Crippen molar-refractivity contribution in [2.75, 3.05) is 39.8 Å². The van der Waals surface area contributed by atoms with Crippen LogP contribution < -0.4 is 10.6 Å². The Morgan fingerprint density at radius 3 is 2.12 bits per heavy atom. The van der Waals surface area contributed by atoms with Crippen LogP contribution in [-0.4, -0.2) is 67.5 Å². The standard InChI is InChI=1S/C16H33F3N4O/c1-5-8-15(24,9-6-2)12-22-14(20-7-3)21-10-11-23(4)13-16(17,18)19/h24H,5-13H2,1-4H3,(H2,20,21,22). The summed E-state index contributed by atoms with van der Waals surface area (Å²) in [6.45, 7) is 6.53. The fraction of sp³-hybridized carbons (Fsp3) is 0.938. The van der Waals surface area contributed by atoms with Gasteiger partial charge in [-0.1, -0.05) is 26.7 Å². The Hall–Kier alpha value is -1.02. The summed E-state index contributed by atoms with van der Waals surface area (Å²) in [4.78, 5) is 5.61. The molecule has 0 fully saturated rings. The minimum absolute atomic E-state index is 0.248. The molecule has 5 nitrogen and oxygen atoms in total. The highest BCUT2D eigenvalue weighted by molar-refractivity contribution is 5.79. The van der Waals surface area contributed by atoms with Crippen LogP contribution >= 0.6 is 0 Å². The monoisotopic (exact) mass is 354 g/mol. The van der Waals surface area contributed by atoms with E-state index < -0.39 is 18.3 Å². The number of guanidine groups is 1. The number of hydrogen-bond acceptors (Lipinski definition) is 3. The van der Waals surface area contributed by atoms with Gasteiger partial charge in [0, 0.05) is 19.6 Å². The molecule has 0 bridgehead atoms. The Labute approximate surface area is 143 Å². The SMILES string of the molecule is CCCC(O)(CCC)CN=C(NCC)NCCN(C)CC(F)(F)F. The smallest absolute Gasteiger partial charge is 0.388 e. The summed E-state index contributed by atoms with van der Waals surface area (Å²) in [6, 6.07) is 0. The number of nitrogens with one attached hydrogen (secondary N) is 2. The van der Waals surface area contributed by atoms with Crippen molar-refractivity contribution in [2.45, 2.75) is 58.2 Å². The van der Waals surface area contributed by atoms with Crippen molar-refractivity contribution in [3.05, 3.63) is 0 Å². The van der Waals surface area contributed by atoms with Gasteiger partial charge in [-0.05, 0) is 26.8 Å². The maximum absolute atomic E-state index is 12.3. The van der Waals surface area contributed by atoms with Crippen molar-refractivity contribution in [1.82, 2.24) is 15.5 Å². The zero-order chi connectivity index (χ0) is 18.6. The van der Waals surface area contributed by atoms with Crippen LogP contribution in [0.15, 0.2) is 4.99 Å². The van der Waals surface area contributed by atoms with Crippen LogP contribution in [0.4, 0.5) is 13.2 Å². The van der Waals surface area contributed by atoms with E-state index in [1.807, 2.05) is 20.8 Å². The second-order valence-electron chi connectivity index (χ2n) is 6.20. The first-order chi connectivity index (χ1) is 11.2. The highest BCUT2D eigenvalue weighted by Gasteiger charge is 2.29. The first-order valence-electron chi connectivity index (χ1n) is 8.65. The normalized spacial score (nSPS) is 13.5. The molecule has 3 N–H and O–H groups in total. The van der Waals surface area contributed by atoms with Crippen molar-refractivity contribution < 1.29 is 18.3 Å². The number of alkyl halides is 3. The van der Waals surface area contributed by atoms with Crippen LogP contribution in [0, 0.1) is 0 Å². The Kier molecular flexibility index (Phi) is 11.0. The van der Waals surface area contributed by atoms with Gasteiger partial charge < -0.3 is 15.7 Å². The minimum Gasteiger partial charge on any atom is -0.388 e. The predicted octanol–water partition coefficient (Wildman–Crippen LogP) is 2.37. The molecule has 24 heavy (non-hydrogen) atoms. The van der Waals surface area contributed by atoms with Gasteiger partial charge in [-0.15, -0.1) is 0 Å². The topological polar surface area (TPSA) is 59.9 Å².